The van der Waals surface area contributed by atoms with Crippen LogP contribution in [0.1, 0.15) is 36.8 Å². The Hall–Kier alpha value is -2.74. The molecule has 1 heterocycles. The average molecular weight is 430 g/mol. The number of nitrogens with two attached hydrogens (primary N) is 1. The zero-order valence-corrected chi connectivity index (χ0v) is 18.4. The maximum absolute atomic E-state index is 14.3. The molecule has 168 valence electrons. The predicted octanol–water partition coefficient (Wildman–Crippen LogP) is 2.45. The number of rotatable bonds is 6. The number of nitrogens with one attached hydrogen (secondary N) is 1. The molecule has 1 aliphatic carbocycles. The van der Waals surface area contributed by atoms with Crippen molar-refractivity contribution in [2.75, 3.05) is 38.5 Å². The van der Waals surface area contributed by atoms with Gasteiger partial charge in [0, 0.05) is 63.8 Å². The number of anilines is 1. The summed E-state index contributed by atoms with van der Waals surface area (Å²) in [6.07, 6.45) is 6.87. The quantitative estimate of drug-likeness (QED) is 0.537. The van der Waals surface area contributed by atoms with Crippen LogP contribution in [0.2, 0.25) is 0 Å². The number of carbonyl (C=O) groups is 2. The number of nitrogens with zero attached hydrogens (tertiary/aromatic N) is 3. The van der Waals surface area contributed by atoms with Crippen LogP contribution in [0.3, 0.4) is 0 Å². The molecule has 2 amide bonds. The van der Waals surface area contributed by atoms with Crippen molar-refractivity contribution in [2.45, 2.75) is 39.2 Å². The minimum atomic E-state index is -0.438. The third kappa shape index (κ3) is 5.70. The van der Waals surface area contributed by atoms with Gasteiger partial charge in [0.2, 0.25) is 5.91 Å². The molecule has 0 spiro atoms. The molecule has 8 heteroatoms. The lowest BCUT2D eigenvalue weighted by Crippen LogP contribution is -2.49. The standard InChI is InChI=1S/C23H32FN5O2/c1-16-18(11-20(24)12-21(16)27-22(30)19(13-25)14-26-2)15-28-7-9-29(10-8-28)23(31)17-5-3-4-6-17/h11-14,17H,3-10,15,25H2,1-2H3,(H,27,30). The van der Waals surface area contributed by atoms with Crippen LogP contribution in [-0.4, -0.2) is 61.1 Å². The number of amides is 2. The minimum Gasteiger partial charge on any atom is -0.404 e. The summed E-state index contributed by atoms with van der Waals surface area (Å²) in [7, 11) is 1.55. The highest BCUT2D eigenvalue weighted by molar-refractivity contribution is 6.17. The lowest BCUT2D eigenvalue weighted by Gasteiger charge is -2.36. The van der Waals surface area contributed by atoms with Crippen molar-refractivity contribution in [1.82, 2.24) is 9.80 Å². The van der Waals surface area contributed by atoms with E-state index in [9.17, 15) is 14.0 Å². The van der Waals surface area contributed by atoms with E-state index in [1.165, 1.54) is 24.5 Å². The van der Waals surface area contributed by atoms with Gasteiger partial charge in [-0.3, -0.25) is 19.5 Å². The summed E-state index contributed by atoms with van der Waals surface area (Å²) in [6.45, 7) is 5.34. The number of carbonyl (C=O) groups excluding carboxylic acids is 2. The molecule has 2 fully saturated rings. The maximum atomic E-state index is 14.3. The molecule has 0 bridgehead atoms. The van der Waals surface area contributed by atoms with Gasteiger partial charge < -0.3 is 16.0 Å². The fraction of sp³-hybridized carbons (Fsp3) is 0.522. The number of hydrogen-bond donors (Lipinski definition) is 2. The lowest BCUT2D eigenvalue weighted by atomic mass is 10.0. The van der Waals surface area contributed by atoms with E-state index in [1.54, 1.807) is 7.05 Å². The van der Waals surface area contributed by atoms with Gasteiger partial charge in [0.05, 0.1) is 5.57 Å². The van der Waals surface area contributed by atoms with E-state index in [-0.39, 0.29) is 11.5 Å². The smallest absolute Gasteiger partial charge is 0.258 e. The van der Waals surface area contributed by atoms with Crippen molar-refractivity contribution in [1.29, 1.82) is 0 Å². The molecule has 1 aromatic rings. The first-order valence-electron chi connectivity index (χ1n) is 10.9. The summed E-state index contributed by atoms with van der Waals surface area (Å²) in [5.41, 5.74) is 7.73. The molecule has 0 atom stereocenters. The van der Waals surface area contributed by atoms with Gasteiger partial charge in [-0.25, -0.2) is 4.39 Å². The number of aliphatic imine (C=N–C) groups is 1. The summed E-state index contributed by atoms with van der Waals surface area (Å²) in [6, 6.07) is 2.82. The Morgan fingerprint density at radius 1 is 1.23 bits per heavy atom. The molecule has 1 aromatic carbocycles. The summed E-state index contributed by atoms with van der Waals surface area (Å²) >= 11 is 0. The molecule has 3 rings (SSSR count). The second kappa shape index (κ2) is 10.5. The maximum Gasteiger partial charge on any atom is 0.258 e. The Kier molecular flexibility index (Phi) is 7.79. The van der Waals surface area contributed by atoms with Gasteiger partial charge in [-0.1, -0.05) is 12.8 Å². The molecule has 0 unspecified atom stereocenters. The van der Waals surface area contributed by atoms with Crippen molar-refractivity contribution in [3.05, 3.63) is 40.8 Å². The van der Waals surface area contributed by atoms with Crippen molar-refractivity contribution in [3.63, 3.8) is 0 Å². The molecule has 3 N–H and O–H groups in total. The highest BCUT2D eigenvalue weighted by Gasteiger charge is 2.29. The van der Waals surface area contributed by atoms with Crippen LogP contribution in [0.15, 0.2) is 28.9 Å². The van der Waals surface area contributed by atoms with Gasteiger partial charge in [0.1, 0.15) is 5.82 Å². The average Bonchev–Trinajstić information content (AvgIpc) is 3.30. The molecule has 0 aromatic heterocycles. The van der Waals surface area contributed by atoms with Crippen LogP contribution in [0.4, 0.5) is 10.1 Å². The van der Waals surface area contributed by atoms with Crippen molar-refractivity contribution in [2.24, 2.45) is 16.6 Å². The molecular formula is C23H32FN5O2. The van der Waals surface area contributed by atoms with E-state index < -0.39 is 11.7 Å². The molecule has 31 heavy (non-hydrogen) atoms. The van der Waals surface area contributed by atoms with Crippen LogP contribution in [0.5, 0.6) is 0 Å². The molecular weight excluding hydrogens is 397 g/mol. The van der Waals surface area contributed by atoms with Gasteiger partial charge in [0.15, 0.2) is 0 Å². The van der Waals surface area contributed by atoms with Gasteiger partial charge >= 0.3 is 0 Å². The van der Waals surface area contributed by atoms with Crippen LogP contribution < -0.4 is 11.1 Å². The van der Waals surface area contributed by atoms with E-state index in [4.69, 9.17) is 5.73 Å². The van der Waals surface area contributed by atoms with Crippen LogP contribution >= 0.6 is 0 Å². The van der Waals surface area contributed by atoms with Crippen molar-refractivity contribution < 1.29 is 14.0 Å². The normalized spacial score (nSPS) is 18.7. The first-order chi connectivity index (χ1) is 14.9. The summed E-state index contributed by atoms with van der Waals surface area (Å²) < 4.78 is 14.3. The largest absolute Gasteiger partial charge is 0.404 e. The number of hydrogen-bond acceptors (Lipinski definition) is 5. The van der Waals surface area contributed by atoms with Gasteiger partial charge in [-0.2, -0.15) is 0 Å². The Labute approximate surface area is 183 Å². The van der Waals surface area contributed by atoms with Gasteiger partial charge in [0.25, 0.3) is 5.91 Å². The van der Waals surface area contributed by atoms with Gasteiger partial charge in [-0.15, -0.1) is 0 Å². The van der Waals surface area contributed by atoms with Crippen LogP contribution in [-0.2, 0) is 16.1 Å². The molecule has 1 saturated carbocycles. The Morgan fingerprint density at radius 2 is 1.90 bits per heavy atom. The third-order valence-corrected chi connectivity index (χ3v) is 6.22. The zero-order chi connectivity index (χ0) is 22.4. The highest BCUT2D eigenvalue weighted by atomic mass is 19.1. The molecule has 7 nitrogen and oxygen atoms in total. The van der Waals surface area contributed by atoms with Crippen LogP contribution in [0.25, 0.3) is 0 Å². The first-order valence-corrected chi connectivity index (χ1v) is 10.9. The fourth-order valence-electron chi connectivity index (χ4n) is 4.34. The second-order valence-electron chi connectivity index (χ2n) is 8.28. The van der Waals surface area contributed by atoms with E-state index in [0.717, 1.165) is 49.9 Å². The number of benzene rings is 1. The second-order valence-corrected chi connectivity index (χ2v) is 8.28. The number of halogens is 1. The van der Waals surface area contributed by atoms with Crippen LogP contribution in [0, 0.1) is 18.7 Å². The Bertz CT molecular complexity index is 869. The molecule has 0 radical (unpaired) electrons. The first kappa shape index (κ1) is 22.9. The SMILES string of the molecule is CN=CC(=CN)C(=O)Nc1cc(F)cc(CN2CCN(C(=O)C3CCCC3)CC2)c1C. The number of piperazine rings is 1. The van der Waals surface area contributed by atoms with E-state index in [1.807, 2.05) is 11.8 Å². The molecule has 1 saturated heterocycles. The minimum absolute atomic E-state index is 0.202. The van der Waals surface area contributed by atoms with Crippen molar-refractivity contribution >= 4 is 23.7 Å². The summed E-state index contributed by atoms with van der Waals surface area (Å²) in [5, 5.41) is 2.73. The van der Waals surface area contributed by atoms with Crippen molar-refractivity contribution in [3.8, 4) is 0 Å². The lowest BCUT2D eigenvalue weighted by molar-refractivity contribution is -0.137. The topological polar surface area (TPSA) is 91.0 Å². The fourth-order valence-corrected chi connectivity index (χ4v) is 4.34. The summed E-state index contributed by atoms with van der Waals surface area (Å²) in [5.74, 6) is -0.350. The predicted molar refractivity (Wildman–Crippen MR) is 120 cm³/mol. The monoisotopic (exact) mass is 429 g/mol. The van der Waals surface area contributed by atoms with Gasteiger partial charge in [-0.05, 0) is 43.0 Å². The molecule has 2 aliphatic rings. The molecule has 1 aliphatic heterocycles. The Morgan fingerprint density at radius 3 is 2.52 bits per heavy atom. The zero-order valence-electron chi connectivity index (χ0n) is 18.4. The summed E-state index contributed by atoms with van der Waals surface area (Å²) in [4.78, 5) is 33.0. The Balaban J connectivity index is 1.63. The highest BCUT2D eigenvalue weighted by Crippen LogP contribution is 2.27. The van der Waals surface area contributed by atoms with E-state index in [2.05, 4.69) is 15.2 Å². The van der Waals surface area contributed by atoms with E-state index in [0.29, 0.717) is 31.2 Å². The van der Waals surface area contributed by atoms with E-state index >= 15 is 0 Å². The third-order valence-electron chi connectivity index (χ3n) is 6.22.